The Morgan fingerprint density at radius 3 is 2.89 bits per heavy atom. The quantitative estimate of drug-likeness (QED) is 0.798. The van der Waals surface area contributed by atoms with E-state index in [1.807, 2.05) is 18.7 Å². The van der Waals surface area contributed by atoms with Crippen molar-refractivity contribution in [3.05, 3.63) is 11.9 Å². The summed E-state index contributed by atoms with van der Waals surface area (Å²) in [6.07, 6.45) is 4.14. The molecule has 0 saturated heterocycles. The van der Waals surface area contributed by atoms with Crippen molar-refractivity contribution in [3.8, 4) is 0 Å². The van der Waals surface area contributed by atoms with Crippen LogP contribution in [0, 0.1) is 5.92 Å². The summed E-state index contributed by atoms with van der Waals surface area (Å²) in [5.74, 6) is 0.649. The zero-order valence-corrected chi connectivity index (χ0v) is 11.0. The molecule has 1 heterocycles. The van der Waals surface area contributed by atoms with E-state index in [0.29, 0.717) is 24.7 Å². The Hall–Kier alpha value is -1.43. The van der Waals surface area contributed by atoms with E-state index in [4.69, 9.17) is 5.73 Å². The maximum Gasteiger partial charge on any atom is 0.276 e. The molecule has 100 valence electrons. The lowest BCUT2D eigenvalue weighted by Gasteiger charge is -2.25. The lowest BCUT2D eigenvalue weighted by molar-refractivity contribution is 0.0690. The summed E-state index contributed by atoms with van der Waals surface area (Å²) in [5, 5.41) is 7.83. The van der Waals surface area contributed by atoms with E-state index in [9.17, 15) is 4.79 Å². The van der Waals surface area contributed by atoms with Crippen molar-refractivity contribution >= 4 is 5.91 Å². The Labute approximate surface area is 107 Å². The van der Waals surface area contributed by atoms with E-state index in [2.05, 4.69) is 10.3 Å². The number of carbonyl (C=O) groups excluding carboxylic acids is 1. The number of hydrogen-bond donors (Lipinski definition) is 1. The fraction of sp³-hybridized carbons (Fsp3) is 0.750. The summed E-state index contributed by atoms with van der Waals surface area (Å²) in [5.41, 5.74) is 5.86. The second kappa shape index (κ2) is 5.48. The van der Waals surface area contributed by atoms with Crippen LogP contribution in [0.3, 0.4) is 0 Å². The molecule has 0 aliphatic heterocycles. The molecule has 0 atom stereocenters. The molecule has 0 aromatic carbocycles. The standard InChI is InChI=1S/C12H21N5O/c1-9(2)17(7-10-3-4-10)12(18)11-8-16(6-5-13)15-14-11/h8-10H,3-7,13H2,1-2H3. The molecule has 0 bridgehead atoms. The molecule has 0 spiro atoms. The van der Waals surface area contributed by atoms with Crippen LogP contribution in [0.25, 0.3) is 0 Å². The average Bonchev–Trinajstić information content (AvgIpc) is 3.03. The maximum atomic E-state index is 12.3. The van der Waals surface area contributed by atoms with Crippen molar-refractivity contribution in [1.29, 1.82) is 0 Å². The van der Waals surface area contributed by atoms with E-state index in [-0.39, 0.29) is 11.9 Å². The largest absolute Gasteiger partial charge is 0.334 e. The van der Waals surface area contributed by atoms with Crippen LogP contribution in [-0.2, 0) is 6.54 Å². The summed E-state index contributed by atoms with van der Waals surface area (Å²) >= 11 is 0. The van der Waals surface area contributed by atoms with E-state index in [1.165, 1.54) is 12.8 Å². The third-order valence-corrected chi connectivity index (χ3v) is 3.15. The minimum absolute atomic E-state index is 0.0276. The Morgan fingerprint density at radius 1 is 1.61 bits per heavy atom. The van der Waals surface area contributed by atoms with Gasteiger partial charge in [0.05, 0.1) is 12.7 Å². The lowest BCUT2D eigenvalue weighted by atomic mass is 10.2. The van der Waals surface area contributed by atoms with E-state index in [0.717, 1.165) is 6.54 Å². The molecule has 2 N–H and O–H groups in total. The van der Waals surface area contributed by atoms with Crippen LogP contribution in [0.4, 0.5) is 0 Å². The van der Waals surface area contributed by atoms with Gasteiger partial charge in [-0.05, 0) is 32.6 Å². The van der Waals surface area contributed by atoms with Gasteiger partial charge in [-0.3, -0.25) is 9.48 Å². The van der Waals surface area contributed by atoms with Gasteiger partial charge in [-0.15, -0.1) is 5.10 Å². The molecule has 18 heavy (non-hydrogen) atoms. The number of hydrogen-bond acceptors (Lipinski definition) is 4. The van der Waals surface area contributed by atoms with Crippen LogP contribution in [-0.4, -0.2) is 44.9 Å². The van der Waals surface area contributed by atoms with Crippen LogP contribution in [0.15, 0.2) is 6.20 Å². The molecular formula is C12H21N5O. The first-order chi connectivity index (χ1) is 8.61. The second-order valence-electron chi connectivity index (χ2n) is 5.15. The average molecular weight is 251 g/mol. The molecule has 2 rings (SSSR count). The third kappa shape index (κ3) is 3.07. The predicted molar refractivity (Wildman–Crippen MR) is 68.0 cm³/mol. The van der Waals surface area contributed by atoms with Gasteiger partial charge in [0.2, 0.25) is 0 Å². The fourth-order valence-corrected chi connectivity index (χ4v) is 1.89. The topological polar surface area (TPSA) is 77.0 Å². The smallest absolute Gasteiger partial charge is 0.276 e. The van der Waals surface area contributed by atoms with Crippen LogP contribution in [0.2, 0.25) is 0 Å². The molecule has 1 aliphatic carbocycles. The van der Waals surface area contributed by atoms with Crippen molar-refractivity contribution in [3.63, 3.8) is 0 Å². The van der Waals surface area contributed by atoms with Crippen LogP contribution in [0.1, 0.15) is 37.2 Å². The highest BCUT2D eigenvalue weighted by molar-refractivity contribution is 5.92. The first kappa shape index (κ1) is 13.0. The van der Waals surface area contributed by atoms with Crippen molar-refractivity contribution < 1.29 is 4.79 Å². The summed E-state index contributed by atoms with van der Waals surface area (Å²) in [6.45, 7) is 5.98. The molecule has 1 amide bonds. The Bertz CT molecular complexity index is 410. The first-order valence-corrected chi connectivity index (χ1v) is 6.53. The molecule has 0 radical (unpaired) electrons. The third-order valence-electron chi connectivity index (χ3n) is 3.15. The molecule has 0 unspecified atom stereocenters. The van der Waals surface area contributed by atoms with Crippen molar-refractivity contribution in [2.45, 2.75) is 39.3 Å². The van der Waals surface area contributed by atoms with Gasteiger partial charge in [0.15, 0.2) is 5.69 Å². The van der Waals surface area contributed by atoms with Gasteiger partial charge in [0, 0.05) is 19.1 Å². The Morgan fingerprint density at radius 2 is 2.33 bits per heavy atom. The number of nitrogens with zero attached hydrogens (tertiary/aromatic N) is 4. The van der Waals surface area contributed by atoms with Gasteiger partial charge in [0.1, 0.15) is 0 Å². The highest BCUT2D eigenvalue weighted by Crippen LogP contribution is 2.30. The van der Waals surface area contributed by atoms with Crippen LogP contribution >= 0.6 is 0 Å². The molecule has 6 heteroatoms. The number of amides is 1. The molecule has 1 saturated carbocycles. The van der Waals surface area contributed by atoms with Gasteiger partial charge in [0.25, 0.3) is 5.91 Å². The van der Waals surface area contributed by atoms with Gasteiger partial charge in [-0.1, -0.05) is 5.21 Å². The zero-order valence-electron chi connectivity index (χ0n) is 11.0. The first-order valence-electron chi connectivity index (χ1n) is 6.53. The summed E-state index contributed by atoms with van der Waals surface area (Å²) in [7, 11) is 0. The van der Waals surface area contributed by atoms with E-state index < -0.39 is 0 Å². The molecule has 1 fully saturated rings. The Kier molecular flexibility index (Phi) is 3.96. The van der Waals surface area contributed by atoms with E-state index in [1.54, 1.807) is 10.9 Å². The van der Waals surface area contributed by atoms with Crippen LogP contribution < -0.4 is 5.73 Å². The zero-order chi connectivity index (χ0) is 13.1. The monoisotopic (exact) mass is 251 g/mol. The number of nitrogens with two attached hydrogens (primary N) is 1. The normalized spacial score (nSPS) is 15.1. The van der Waals surface area contributed by atoms with Gasteiger partial charge in [-0.25, -0.2) is 0 Å². The molecule has 6 nitrogen and oxygen atoms in total. The Balaban J connectivity index is 2.05. The molecule has 1 aliphatic rings. The lowest BCUT2D eigenvalue weighted by Crippen LogP contribution is -2.38. The fourth-order valence-electron chi connectivity index (χ4n) is 1.89. The van der Waals surface area contributed by atoms with Gasteiger partial charge < -0.3 is 10.6 Å². The maximum absolute atomic E-state index is 12.3. The molecule has 1 aromatic rings. The molecular weight excluding hydrogens is 230 g/mol. The minimum atomic E-state index is -0.0276. The predicted octanol–water partition coefficient (Wildman–Crippen LogP) is 0.497. The molecule has 1 aromatic heterocycles. The van der Waals surface area contributed by atoms with Crippen molar-refractivity contribution in [2.24, 2.45) is 11.7 Å². The number of carbonyl (C=O) groups is 1. The van der Waals surface area contributed by atoms with Crippen molar-refractivity contribution in [1.82, 2.24) is 19.9 Å². The SMILES string of the molecule is CC(C)N(CC1CC1)C(=O)c1cn(CCN)nn1. The van der Waals surface area contributed by atoms with Crippen molar-refractivity contribution in [2.75, 3.05) is 13.1 Å². The van der Waals surface area contributed by atoms with Gasteiger partial charge in [-0.2, -0.15) is 0 Å². The summed E-state index contributed by atoms with van der Waals surface area (Å²) in [6, 6.07) is 0.192. The second-order valence-corrected chi connectivity index (χ2v) is 5.15. The van der Waals surface area contributed by atoms with Crippen LogP contribution in [0.5, 0.6) is 0 Å². The highest BCUT2D eigenvalue weighted by atomic mass is 16.2. The summed E-state index contributed by atoms with van der Waals surface area (Å²) in [4.78, 5) is 14.2. The highest BCUT2D eigenvalue weighted by Gasteiger charge is 2.29. The minimum Gasteiger partial charge on any atom is -0.334 e. The number of aromatic nitrogens is 3. The number of rotatable bonds is 6. The summed E-state index contributed by atoms with van der Waals surface area (Å²) < 4.78 is 1.61. The van der Waals surface area contributed by atoms with E-state index >= 15 is 0 Å². The van der Waals surface area contributed by atoms with Gasteiger partial charge >= 0.3 is 0 Å².